The molecule has 3 unspecified atom stereocenters. The SMILES string of the molecule is CCC(C)N(C)CCNC(=O)C1CCCC(C(=O)O)C1. The van der Waals surface area contributed by atoms with Crippen molar-refractivity contribution in [3.63, 3.8) is 0 Å². The third kappa shape index (κ3) is 5.12. The predicted octanol–water partition coefficient (Wildman–Crippen LogP) is 1.72. The summed E-state index contributed by atoms with van der Waals surface area (Å²) in [5, 5.41) is 12.0. The highest BCUT2D eigenvalue weighted by Gasteiger charge is 2.30. The molecule has 1 rings (SSSR count). The van der Waals surface area contributed by atoms with Crippen LogP contribution in [0.2, 0.25) is 0 Å². The summed E-state index contributed by atoms with van der Waals surface area (Å²) in [6.07, 6.45) is 3.93. The molecule has 0 spiro atoms. The number of rotatable bonds is 7. The van der Waals surface area contributed by atoms with Gasteiger partial charge in [-0.25, -0.2) is 0 Å². The van der Waals surface area contributed by atoms with Gasteiger partial charge in [0.15, 0.2) is 0 Å². The number of nitrogens with zero attached hydrogens (tertiary/aromatic N) is 1. The van der Waals surface area contributed by atoms with E-state index in [1.165, 1.54) is 0 Å². The van der Waals surface area contributed by atoms with Crippen LogP contribution in [0.1, 0.15) is 46.0 Å². The number of likely N-dealkylation sites (N-methyl/N-ethyl adjacent to an activating group) is 1. The quantitative estimate of drug-likeness (QED) is 0.747. The normalized spacial score (nSPS) is 24.4. The second-order valence-corrected chi connectivity index (χ2v) is 5.93. The van der Waals surface area contributed by atoms with Crippen LogP contribution < -0.4 is 5.32 Å². The van der Waals surface area contributed by atoms with Crippen LogP contribution in [0, 0.1) is 11.8 Å². The maximum atomic E-state index is 12.1. The second kappa shape index (κ2) is 8.25. The van der Waals surface area contributed by atoms with E-state index in [0.717, 1.165) is 25.8 Å². The molecule has 2 N–H and O–H groups in total. The Kier molecular flexibility index (Phi) is 6.99. The summed E-state index contributed by atoms with van der Waals surface area (Å²) in [5.74, 6) is -1.21. The van der Waals surface area contributed by atoms with Gasteiger partial charge in [0.25, 0.3) is 0 Å². The highest BCUT2D eigenvalue weighted by Crippen LogP contribution is 2.29. The van der Waals surface area contributed by atoms with Crippen LogP contribution in [0.3, 0.4) is 0 Å². The largest absolute Gasteiger partial charge is 0.481 e. The van der Waals surface area contributed by atoms with E-state index in [2.05, 4.69) is 31.1 Å². The van der Waals surface area contributed by atoms with Crippen LogP contribution in [0.4, 0.5) is 0 Å². The number of aliphatic carboxylic acids is 1. The Morgan fingerprint density at radius 3 is 2.60 bits per heavy atom. The molecule has 0 aromatic rings. The monoisotopic (exact) mass is 284 g/mol. The summed E-state index contributed by atoms with van der Waals surface area (Å²) in [7, 11) is 2.06. The fraction of sp³-hybridized carbons (Fsp3) is 0.867. The number of nitrogens with one attached hydrogen (secondary N) is 1. The molecule has 3 atom stereocenters. The van der Waals surface area contributed by atoms with E-state index in [4.69, 9.17) is 5.11 Å². The van der Waals surface area contributed by atoms with Gasteiger partial charge in [0.1, 0.15) is 0 Å². The molecule has 0 aromatic heterocycles. The number of hydrogen-bond donors (Lipinski definition) is 2. The molecule has 5 nitrogen and oxygen atoms in total. The van der Waals surface area contributed by atoms with Crippen LogP contribution >= 0.6 is 0 Å². The van der Waals surface area contributed by atoms with Crippen LogP contribution in [0.25, 0.3) is 0 Å². The zero-order valence-electron chi connectivity index (χ0n) is 12.9. The summed E-state index contributed by atoms with van der Waals surface area (Å²) in [6, 6.07) is 0.512. The first-order valence-corrected chi connectivity index (χ1v) is 7.66. The lowest BCUT2D eigenvalue weighted by molar-refractivity contribution is -0.144. The number of carbonyl (C=O) groups is 2. The molecule has 1 fully saturated rings. The molecule has 0 aromatic carbocycles. The van der Waals surface area contributed by atoms with Gasteiger partial charge in [-0.1, -0.05) is 13.3 Å². The fourth-order valence-electron chi connectivity index (χ4n) is 2.68. The molecular formula is C15H28N2O3. The zero-order valence-corrected chi connectivity index (χ0v) is 12.9. The molecule has 1 aliphatic rings. The number of hydrogen-bond acceptors (Lipinski definition) is 3. The van der Waals surface area contributed by atoms with E-state index in [1.807, 2.05) is 0 Å². The van der Waals surface area contributed by atoms with Crippen LogP contribution in [-0.2, 0) is 9.59 Å². The van der Waals surface area contributed by atoms with Gasteiger partial charge in [0, 0.05) is 25.0 Å². The minimum Gasteiger partial charge on any atom is -0.481 e. The lowest BCUT2D eigenvalue weighted by Gasteiger charge is -2.27. The smallest absolute Gasteiger partial charge is 0.306 e. The lowest BCUT2D eigenvalue weighted by Crippen LogP contribution is -2.40. The van der Waals surface area contributed by atoms with Crippen molar-refractivity contribution in [2.75, 3.05) is 20.1 Å². The Hall–Kier alpha value is -1.10. The van der Waals surface area contributed by atoms with E-state index >= 15 is 0 Å². The minimum absolute atomic E-state index is 0.0218. The van der Waals surface area contributed by atoms with E-state index in [0.29, 0.717) is 25.4 Å². The summed E-state index contributed by atoms with van der Waals surface area (Å²) >= 11 is 0. The van der Waals surface area contributed by atoms with Crippen molar-refractivity contribution in [2.24, 2.45) is 11.8 Å². The highest BCUT2D eigenvalue weighted by molar-refractivity contribution is 5.80. The number of carboxylic acids is 1. The van der Waals surface area contributed by atoms with Gasteiger partial charge in [-0.2, -0.15) is 0 Å². The van der Waals surface area contributed by atoms with Crippen molar-refractivity contribution >= 4 is 11.9 Å². The van der Waals surface area contributed by atoms with Crippen molar-refractivity contribution in [2.45, 2.75) is 52.0 Å². The second-order valence-electron chi connectivity index (χ2n) is 5.93. The van der Waals surface area contributed by atoms with Crippen molar-refractivity contribution in [3.8, 4) is 0 Å². The first-order chi connectivity index (χ1) is 9.45. The van der Waals surface area contributed by atoms with Gasteiger partial charge in [0.2, 0.25) is 5.91 Å². The first-order valence-electron chi connectivity index (χ1n) is 7.66. The van der Waals surface area contributed by atoms with E-state index in [1.54, 1.807) is 0 Å². The average Bonchev–Trinajstić information content (AvgIpc) is 2.46. The molecule has 1 saturated carbocycles. The minimum atomic E-state index is -0.765. The number of carboxylic acid groups (broad SMARTS) is 1. The van der Waals surface area contributed by atoms with Gasteiger partial charge in [-0.15, -0.1) is 0 Å². The standard InChI is InChI=1S/C15H28N2O3/c1-4-11(2)17(3)9-8-16-14(18)12-6-5-7-13(10-12)15(19)20/h11-13H,4-10H2,1-3H3,(H,16,18)(H,19,20). The molecule has 1 aliphatic carbocycles. The van der Waals surface area contributed by atoms with E-state index < -0.39 is 5.97 Å². The number of carbonyl (C=O) groups excluding carboxylic acids is 1. The Morgan fingerprint density at radius 2 is 2.00 bits per heavy atom. The summed E-state index contributed by atoms with van der Waals surface area (Å²) in [6.45, 7) is 5.78. The maximum Gasteiger partial charge on any atom is 0.306 e. The van der Waals surface area contributed by atoms with Gasteiger partial charge in [0.05, 0.1) is 5.92 Å². The van der Waals surface area contributed by atoms with Crippen molar-refractivity contribution in [1.82, 2.24) is 10.2 Å². The maximum absolute atomic E-state index is 12.1. The molecule has 20 heavy (non-hydrogen) atoms. The molecule has 0 radical (unpaired) electrons. The van der Waals surface area contributed by atoms with Gasteiger partial charge >= 0.3 is 5.97 Å². The van der Waals surface area contributed by atoms with Crippen molar-refractivity contribution in [3.05, 3.63) is 0 Å². The average molecular weight is 284 g/mol. The Bertz CT molecular complexity index is 333. The Morgan fingerprint density at radius 1 is 1.35 bits per heavy atom. The molecule has 0 heterocycles. The first kappa shape index (κ1) is 17.0. The Balaban J connectivity index is 2.30. The molecule has 1 amide bonds. The lowest BCUT2D eigenvalue weighted by atomic mass is 9.81. The summed E-state index contributed by atoms with van der Waals surface area (Å²) < 4.78 is 0. The Labute approximate surface area is 121 Å². The molecule has 0 aliphatic heterocycles. The van der Waals surface area contributed by atoms with Gasteiger partial charge < -0.3 is 15.3 Å². The van der Waals surface area contributed by atoms with Crippen LogP contribution in [0.15, 0.2) is 0 Å². The molecular weight excluding hydrogens is 256 g/mol. The molecule has 0 bridgehead atoms. The summed E-state index contributed by atoms with van der Waals surface area (Å²) in [4.78, 5) is 25.3. The predicted molar refractivity (Wildman–Crippen MR) is 78.5 cm³/mol. The molecule has 116 valence electrons. The van der Waals surface area contributed by atoms with E-state index in [9.17, 15) is 9.59 Å². The highest BCUT2D eigenvalue weighted by atomic mass is 16.4. The fourth-order valence-corrected chi connectivity index (χ4v) is 2.68. The van der Waals surface area contributed by atoms with Crippen LogP contribution in [-0.4, -0.2) is 48.1 Å². The van der Waals surface area contributed by atoms with Crippen molar-refractivity contribution in [1.29, 1.82) is 0 Å². The molecule has 0 saturated heterocycles. The molecule has 5 heteroatoms. The van der Waals surface area contributed by atoms with Crippen molar-refractivity contribution < 1.29 is 14.7 Å². The van der Waals surface area contributed by atoms with Crippen LogP contribution in [0.5, 0.6) is 0 Å². The topological polar surface area (TPSA) is 69.6 Å². The zero-order chi connectivity index (χ0) is 15.1. The third-order valence-corrected chi connectivity index (χ3v) is 4.50. The van der Waals surface area contributed by atoms with Gasteiger partial charge in [-0.3, -0.25) is 9.59 Å². The third-order valence-electron chi connectivity index (χ3n) is 4.50. The van der Waals surface area contributed by atoms with E-state index in [-0.39, 0.29) is 17.7 Å². The van der Waals surface area contributed by atoms with Gasteiger partial charge in [-0.05, 0) is 39.7 Å². The number of amides is 1. The summed E-state index contributed by atoms with van der Waals surface area (Å²) in [5.41, 5.74) is 0.